The molecule has 0 saturated carbocycles. The van der Waals surface area contributed by atoms with Crippen molar-refractivity contribution in [3.8, 4) is 0 Å². The van der Waals surface area contributed by atoms with Gasteiger partial charge in [0.15, 0.2) is 5.78 Å². The fraction of sp³-hybridized carbons (Fsp3) is 0. The van der Waals surface area contributed by atoms with Gasteiger partial charge in [-0.1, -0.05) is 24.3 Å². The van der Waals surface area contributed by atoms with Crippen LogP contribution in [-0.4, -0.2) is 16.9 Å². The summed E-state index contributed by atoms with van der Waals surface area (Å²) in [7, 11) is 0. The molecule has 2 rings (SSSR count). The number of carboxylic acids is 1. The molecule has 0 bridgehead atoms. The van der Waals surface area contributed by atoms with Crippen LogP contribution < -0.4 is 0 Å². The molecule has 18 heavy (non-hydrogen) atoms. The maximum atomic E-state index is 13.4. The molecule has 3 nitrogen and oxygen atoms in total. The molecule has 0 aliphatic heterocycles. The van der Waals surface area contributed by atoms with Gasteiger partial charge in [-0.2, -0.15) is 0 Å². The summed E-state index contributed by atoms with van der Waals surface area (Å²) in [6.45, 7) is 0. The normalized spacial score (nSPS) is 10.1. The van der Waals surface area contributed by atoms with E-state index in [1.54, 1.807) is 6.07 Å². The Hall–Kier alpha value is -2.49. The SMILES string of the molecule is O=C(O)c1cccc(C(=O)c2ccccc2F)c1. The Balaban J connectivity index is 2.44. The molecule has 0 unspecified atom stereocenters. The van der Waals surface area contributed by atoms with Crippen molar-refractivity contribution in [3.63, 3.8) is 0 Å². The molecule has 0 saturated heterocycles. The van der Waals surface area contributed by atoms with Gasteiger partial charge in [-0.05, 0) is 24.3 Å². The number of carbonyl (C=O) groups excluding carboxylic acids is 1. The second kappa shape index (κ2) is 4.79. The molecule has 0 spiro atoms. The first-order valence-corrected chi connectivity index (χ1v) is 5.22. The average molecular weight is 244 g/mol. The molecule has 0 aromatic heterocycles. The van der Waals surface area contributed by atoms with Crippen LogP contribution in [0.1, 0.15) is 26.3 Å². The molecular weight excluding hydrogens is 235 g/mol. The van der Waals surface area contributed by atoms with E-state index in [1.807, 2.05) is 0 Å². The third kappa shape index (κ3) is 2.27. The van der Waals surface area contributed by atoms with Gasteiger partial charge in [0.05, 0.1) is 11.1 Å². The summed E-state index contributed by atoms with van der Waals surface area (Å²) in [4.78, 5) is 22.8. The van der Waals surface area contributed by atoms with E-state index in [1.165, 1.54) is 42.5 Å². The van der Waals surface area contributed by atoms with Crippen molar-refractivity contribution in [2.75, 3.05) is 0 Å². The van der Waals surface area contributed by atoms with E-state index in [9.17, 15) is 14.0 Å². The smallest absolute Gasteiger partial charge is 0.335 e. The Kier molecular flexibility index (Phi) is 3.19. The Morgan fingerprint density at radius 2 is 1.61 bits per heavy atom. The van der Waals surface area contributed by atoms with Crippen LogP contribution in [0.25, 0.3) is 0 Å². The second-order valence-corrected chi connectivity index (χ2v) is 3.69. The average Bonchev–Trinajstić information content (AvgIpc) is 2.38. The van der Waals surface area contributed by atoms with Crippen LogP contribution in [0, 0.1) is 5.82 Å². The minimum Gasteiger partial charge on any atom is -0.478 e. The number of halogens is 1. The van der Waals surface area contributed by atoms with Crippen LogP contribution in [0.2, 0.25) is 0 Å². The number of benzene rings is 2. The van der Waals surface area contributed by atoms with Crippen LogP contribution in [-0.2, 0) is 0 Å². The van der Waals surface area contributed by atoms with Gasteiger partial charge in [-0.3, -0.25) is 4.79 Å². The van der Waals surface area contributed by atoms with Crippen LogP contribution in [0.4, 0.5) is 4.39 Å². The Bertz CT molecular complexity index is 620. The summed E-state index contributed by atoms with van der Waals surface area (Å²) < 4.78 is 13.4. The zero-order chi connectivity index (χ0) is 13.1. The van der Waals surface area contributed by atoms with E-state index in [4.69, 9.17) is 5.11 Å². The van der Waals surface area contributed by atoms with E-state index in [-0.39, 0.29) is 16.7 Å². The molecule has 0 aliphatic carbocycles. The highest BCUT2D eigenvalue weighted by atomic mass is 19.1. The third-order valence-corrected chi connectivity index (χ3v) is 2.49. The standard InChI is InChI=1S/C14H9FO3/c15-12-7-2-1-6-11(12)13(16)9-4-3-5-10(8-9)14(17)18/h1-8H,(H,17,18). The number of ketones is 1. The quantitative estimate of drug-likeness (QED) is 0.844. The molecular formula is C14H9FO3. The monoisotopic (exact) mass is 244 g/mol. The van der Waals surface area contributed by atoms with Crippen molar-refractivity contribution in [1.82, 2.24) is 0 Å². The second-order valence-electron chi connectivity index (χ2n) is 3.69. The predicted octanol–water partition coefficient (Wildman–Crippen LogP) is 2.75. The van der Waals surface area contributed by atoms with Gasteiger partial charge >= 0.3 is 5.97 Å². The van der Waals surface area contributed by atoms with E-state index in [0.717, 1.165) is 0 Å². The molecule has 90 valence electrons. The van der Waals surface area contributed by atoms with Gasteiger partial charge in [-0.15, -0.1) is 0 Å². The van der Waals surface area contributed by atoms with Gasteiger partial charge in [0, 0.05) is 5.56 Å². The summed E-state index contributed by atoms with van der Waals surface area (Å²) in [6.07, 6.45) is 0. The lowest BCUT2D eigenvalue weighted by molar-refractivity contribution is 0.0697. The minimum atomic E-state index is -1.13. The largest absolute Gasteiger partial charge is 0.478 e. The van der Waals surface area contributed by atoms with Crippen LogP contribution in [0.15, 0.2) is 48.5 Å². The number of rotatable bonds is 3. The van der Waals surface area contributed by atoms with Gasteiger partial charge in [0.25, 0.3) is 0 Å². The molecule has 2 aromatic carbocycles. The summed E-state index contributed by atoms with van der Waals surface area (Å²) in [5.41, 5.74) is 0.0808. The van der Waals surface area contributed by atoms with E-state index < -0.39 is 17.6 Å². The molecule has 0 fully saturated rings. The van der Waals surface area contributed by atoms with E-state index in [2.05, 4.69) is 0 Å². The highest BCUT2D eigenvalue weighted by Crippen LogP contribution is 2.14. The highest BCUT2D eigenvalue weighted by molar-refractivity contribution is 6.10. The van der Waals surface area contributed by atoms with Crippen LogP contribution in [0.3, 0.4) is 0 Å². The van der Waals surface area contributed by atoms with Gasteiger partial charge in [-0.25, -0.2) is 9.18 Å². The zero-order valence-electron chi connectivity index (χ0n) is 9.26. The third-order valence-electron chi connectivity index (χ3n) is 2.49. The van der Waals surface area contributed by atoms with Crippen LogP contribution in [0.5, 0.6) is 0 Å². The first-order chi connectivity index (χ1) is 8.59. The molecule has 0 heterocycles. The van der Waals surface area contributed by atoms with Gasteiger partial charge in [0.1, 0.15) is 5.82 Å². The van der Waals surface area contributed by atoms with Gasteiger partial charge < -0.3 is 5.11 Å². The molecule has 0 atom stereocenters. The number of hydrogen-bond acceptors (Lipinski definition) is 2. The van der Waals surface area contributed by atoms with Gasteiger partial charge in [0.2, 0.25) is 0 Å². The fourth-order valence-corrected chi connectivity index (χ4v) is 1.59. The molecule has 0 aliphatic rings. The maximum absolute atomic E-state index is 13.4. The van der Waals surface area contributed by atoms with E-state index >= 15 is 0 Å². The molecule has 4 heteroatoms. The van der Waals surface area contributed by atoms with Crippen molar-refractivity contribution < 1.29 is 19.1 Å². The minimum absolute atomic E-state index is 0.00260. The summed E-state index contributed by atoms with van der Waals surface area (Å²) >= 11 is 0. The molecule has 1 N–H and O–H groups in total. The first-order valence-electron chi connectivity index (χ1n) is 5.22. The number of hydrogen-bond donors (Lipinski definition) is 1. The Morgan fingerprint density at radius 1 is 0.944 bits per heavy atom. The molecule has 0 amide bonds. The fourth-order valence-electron chi connectivity index (χ4n) is 1.59. The lowest BCUT2D eigenvalue weighted by Gasteiger charge is -2.03. The van der Waals surface area contributed by atoms with Crippen molar-refractivity contribution >= 4 is 11.8 Å². The van der Waals surface area contributed by atoms with Crippen molar-refractivity contribution in [1.29, 1.82) is 0 Å². The van der Waals surface area contributed by atoms with Crippen molar-refractivity contribution in [2.45, 2.75) is 0 Å². The van der Waals surface area contributed by atoms with Crippen molar-refractivity contribution in [3.05, 3.63) is 71.0 Å². The topological polar surface area (TPSA) is 54.4 Å². The van der Waals surface area contributed by atoms with E-state index in [0.29, 0.717) is 0 Å². The van der Waals surface area contributed by atoms with Crippen LogP contribution >= 0.6 is 0 Å². The van der Waals surface area contributed by atoms with Crippen molar-refractivity contribution in [2.24, 2.45) is 0 Å². The Labute approximate surface area is 103 Å². The maximum Gasteiger partial charge on any atom is 0.335 e. The lowest BCUT2D eigenvalue weighted by atomic mass is 10.0. The summed E-state index contributed by atoms with van der Waals surface area (Å²) in [5, 5.41) is 8.83. The number of carbonyl (C=O) groups is 2. The molecule has 0 radical (unpaired) electrons. The Morgan fingerprint density at radius 3 is 2.28 bits per heavy atom. The number of carboxylic acid groups (broad SMARTS) is 1. The lowest BCUT2D eigenvalue weighted by Crippen LogP contribution is -2.06. The zero-order valence-corrected chi connectivity index (χ0v) is 9.26. The summed E-state index contributed by atoms with van der Waals surface area (Å²) in [6, 6.07) is 11.1. The highest BCUT2D eigenvalue weighted by Gasteiger charge is 2.14. The number of aromatic carboxylic acids is 1. The summed E-state index contributed by atoms with van der Waals surface area (Å²) in [5.74, 6) is -2.28. The first kappa shape index (κ1) is 12.0. The molecule has 2 aromatic rings. The predicted molar refractivity (Wildman–Crippen MR) is 63.2 cm³/mol.